The van der Waals surface area contributed by atoms with Crippen molar-refractivity contribution < 1.29 is 0 Å². The first-order valence-corrected chi connectivity index (χ1v) is 7.59. The van der Waals surface area contributed by atoms with Gasteiger partial charge in [-0.15, -0.1) is 0 Å². The Bertz CT molecular complexity index is 431. The minimum absolute atomic E-state index is 0.246. The summed E-state index contributed by atoms with van der Waals surface area (Å²) in [6.45, 7) is 12.4. The minimum Gasteiger partial charge on any atom is -0.354 e. The molecule has 1 aliphatic heterocycles. The summed E-state index contributed by atoms with van der Waals surface area (Å²) < 4.78 is 0. The average Bonchev–Trinajstić information content (AvgIpc) is 2.38. The van der Waals surface area contributed by atoms with E-state index >= 15 is 0 Å². The van der Waals surface area contributed by atoms with Crippen LogP contribution in [-0.2, 0) is 0 Å². The number of hydrogen-bond acceptors (Lipinski definition) is 6. The third-order valence-corrected chi connectivity index (χ3v) is 3.38. The second-order valence-corrected chi connectivity index (χ2v) is 5.78. The van der Waals surface area contributed by atoms with E-state index in [1.165, 1.54) is 0 Å². The van der Waals surface area contributed by atoms with Crippen LogP contribution in [0.2, 0.25) is 5.28 Å². The van der Waals surface area contributed by atoms with Crippen molar-refractivity contribution in [3.05, 3.63) is 5.28 Å². The van der Waals surface area contributed by atoms with Gasteiger partial charge in [-0.1, -0.05) is 13.8 Å². The number of aromatic nitrogens is 3. The van der Waals surface area contributed by atoms with Crippen LogP contribution < -0.4 is 10.2 Å². The quantitative estimate of drug-likeness (QED) is 0.893. The number of halogens is 1. The van der Waals surface area contributed by atoms with E-state index in [1.807, 2.05) is 6.92 Å². The lowest BCUT2D eigenvalue weighted by atomic mass is 10.2. The molecule has 0 unspecified atom stereocenters. The second-order valence-electron chi connectivity index (χ2n) is 5.44. The second kappa shape index (κ2) is 7.04. The molecule has 0 amide bonds. The van der Waals surface area contributed by atoms with Crippen LogP contribution in [0.15, 0.2) is 0 Å². The first-order chi connectivity index (χ1) is 9.58. The predicted octanol–water partition coefficient (Wildman–Crippen LogP) is 1.73. The zero-order valence-electron chi connectivity index (χ0n) is 12.4. The molecule has 1 saturated heterocycles. The van der Waals surface area contributed by atoms with Crippen molar-refractivity contribution in [2.45, 2.75) is 20.8 Å². The fraction of sp³-hybridized carbons (Fsp3) is 0.769. The van der Waals surface area contributed by atoms with E-state index in [2.05, 4.69) is 43.9 Å². The summed E-state index contributed by atoms with van der Waals surface area (Å²) in [4.78, 5) is 17.4. The normalized spacial score (nSPS) is 16.8. The van der Waals surface area contributed by atoms with Gasteiger partial charge in [-0.05, 0) is 24.4 Å². The Labute approximate surface area is 125 Å². The lowest BCUT2D eigenvalue weighted by Crippen LogP contribution is -2.48. The lowest BCUT2D eigenvalue weighted by Gasteiger charge is -2.35. The van der Waals surface area contributed by atoms with Crippen molar-refractivity contribution in [2.24, 2.45) is 5.92 Å². The van der Waals surface area contributed by atoms with Crippen molar-refractivity contribution >= 4 is 23.5 Å². The summed E-state index contributed by atoms with van der Waals surface area (Å²) in [5.74, 6) is 1.92. The lowest BCUT2D eigenvalue weighted by molar-refractivity contribution is 0.230. The van der Waals surface area contributed by atoms with Crippen molar-refractivity contribution in [1.82, 2.24) is 19.9 Å². The molecule has 0 atom stereocenters. The molecule has 2 rings (SSSR count). The first-order valence-electron chi connectivity index (χ1n) is 7.21. The van der Waals surface area contributed by atoms with E-state index < -0.39 is 0 Å². The van der Waals surface area contributed by atoms with Gasteiger partial charge in [0.05, 0.1) is 0 Å². The summed E-state index contributed by atoms with van der Waals surface area (Å²) in [6.07, 6.45) is 0. The molecule has 6 nitrogen and oxygen atoms in total. The summed E-state index contributed by atoms with van der Waals surface area (Å²) in [5.41, 5.74) is 0. The summed E-state index contributed by atoms with van der Waals surface area (Å²) >= 11 is 5.96. The molecular formula is C13H23ClN6. The maximum Gasteiger partial charge on any atom is 0.231 e. The van der Waals surface area contributed by atoms with Gasteiger partial charge in [-0.2, -0.15) is 15.0 Å². The molecule has 0 bridgehead atoms. The smallest absolute Gasteiger partial charge is 0.231 e. The molecule has 1 fully saturated rings. The highest BCUT2D eigenvalue weighted by molar-refractivity contribution is 6.28. The zero-order valence-corrected chi connectivity index (χ0v) is 13.2. The predicted molar refractivity (Wildman–Crippen MR) is 82.5 cm³/mol. The largest absolute Gasteiger partial charge is 0.354 e. The van der Waals surface area contributed by atoms with Gasteiger partial charge in [-0.3, -0.25) is 4.90 Å². The van der Waals surface area contributed by atoms with E-state index in [1.54, 1.807) is 0 Å². The fourth-order valence-corrected chi connectivity index (χ4v) is 2.52. The van der Waals surface area contributed by atoms with E-state index in [9.17, 15) is 0 Å². The standard InChI is InChI=1S/C13H23ClN6/c1-4-15-12-16-11(14)17-13(18-12)20-7-5-19(6-8-20)9-10(2)3/h10H,4-9H2,1-3H3,(H,15,16,17,18). The third kappa shape index (κ3) is 4.18. The van der Waals surface area contributed by atoms with Crippen LogP contribution in [0.5, 0.6) is 0 Å². The molecule has 2 heterocycles. The summed E-state index contributed by atoms with van der Waals surface area (Å²) in [5, 5.41) is 3.32. The Balaban J connectivity index is 1.99. The third-order valence-electron chi connectivity index (χ3n) is 3.21. The molecular weight excluding hydrogens is 276 g/mol. The van der Waals surface area contributed by atoms with E-state index in [0.717, 1.165) is 39.3 Å². The average molecular weight is 299 g/mol. The van der Waals surface area contributed by atoms with E-state index in [4.69, 9.17) is 11.6 Å². The Morgan fingerprint density at radius 3 is 2.45 bits per heavy atom. The highest BCUT2D eigenvalue weighted by Gasteiger charge is 2.20. The topological polar surface area (TPSA) is 57.2 Å². The van der Waals surface area contributed by atoms with Gasteiger partial charge in [0.1, 0.15) is 0 Å². The number of rotatable bonds is 5. The highest BCUT2D eigenvalue weighted by Crippen LogP contribution is 2.16. The molecule has 0 radical (unpaired) electrons. The number of nitrogens with zero attached hydrogens (tertiary/aromatic N) is 5. The summed E-state index contributed by atoms with van der Waals surface area (Å²) in [7, 11) is 0. The van der Waals surface area contributed by atoms with Crippen molar-refractivity contribution in [1.29, 1.82) is 0 Å². The highest BCUT2D eigenvalue weighted by atomic mass is 35.5. The van der Waals surface area contributed by atoms with Gasteiger partial charge in [0.25, 0.3) is 0 Å². The van der Waals surface area contributed by atoms with Crippen molar-refractivity contribution in [3.63, 3.8) is 0 Å². The molecule has 112 valence electrons. The molecule has 1 N–H and O–H groups in total. The number of anilines is 2. The monoisotopic (exact) mass is 298 g/mol. The van der Waals surface area contributed by atoms with Crippen LogP contribution >= 0.6 is 11.6 Å². The molecule has 0 spiro atoms. The van der Waals surface area contributed by atoms with Crippen molar-refractivity contribution in [2.75, 3.05) is 49.5 Å². The molecule has 0 saturated carbocycles. The van der Waals surface area contributed by atoms with Crippen LogP contribution in [0.4, 0.5) is 11.9 Å². The van der Waals surface area contributed by atoms with Gasteiger partial charge in [0.15, 0.2) is 0 Å². The SMILES string of the molecule is CCNc1nc(Cl)nc(N2CCN(CC(C)C)CC2)n1. The fourth-order valence-electron chi connectivity index (χ4n) is 2.37. The molecule has 1 aliphatic rings. The Morgan fingerprint density at radius 1 is 1.15 bits per heavy atom. The van der Waals surface area contributed by atoms with Gasteiger partial charge in [-0.25, -0.2) is 0 Å². The van der Waals surface area contributed by atoms with E-state index in [0.29, 0.717) is 17.8 Å². The Kier molecular flexibility index (Phi) is 5.37. The first kappa shape index (κ1) is 15.3. The van der Waals surface area contributed by atoms with E-state index in [-0.39, 0.29) is 5.28 Å². The van der Waals surface area contributed by atoms with Crippen LogP contribution in [-0.4, -0.2) is 59.1 Å². The summed E-state index contributed by atoms with van der Waals surface area (Å²) in [6, 6.07) is 0. The zero-order chi connectivity index (χ0) is 14.5. The van der Waals surface area contributed by atoms with Gasteiger partial charge in [0, 0.05) is 39.3 Å². The van der Waals surface area contributed by atoms with Crippen LogP contribution in [0.3, 0.4) is 0 Å². The van der Waals surface area contributed by atoms with Crippen LogP contribution in [0, 0.1) is 5.92 Å². The number of hydrogen-bond donors (Lipinski definition) is 1. The molecule has 0 aromatic carbocycles. The Hall–Kier alpha value is -1.14. The molecule has 1 aromatic rings. The maximum atomic E-state index is 5.96. The Morgan fingerprint density at radius 2 is 1.85 bits per heavy atom. The van der Waals surface area contributed by atoms with Crippen LogP contribution in [0.1, 0.15) is 20.8 Å². The minimum atomic E-state index is 0.246. The number of piperazine rings is 1. The van der Waals surface area contributed by atoms with Gasteiger partial charge in [0.2, 0.25) is 17.2 Å². The number of nitrogens with one attached hydrogen (secondary N) is 1. The van der Waals surface area contributed by atoms with Crippen LogP contribution in [0.25, 0.3) is 0 Å². The molecule has 0 aliphatic carbocycles. The van der Waals surface area contributed by atoms with Crippen molar-refractivity contribution in [3.8, 4) is 0 Å². The molecule has 1 aromatic heterocycles. The molecule has 7 heteroatoms. The molecule has 20 heavy (non-hydrogen) atoms. The van der Waals surface area contributed by atoms with Gasteiger partial charge >= 0.3 is 0 Å². The maximum absolute atomic E-state index is 5.96. The van der Waals surface area contributed by atoms with Gasteiger partial charge < -0.3 is 10.2 Å².